The molecule has 0 fully saturated rings. The normalized spacial score (nSPS) is 10.8. The molecule has 0 spiro atoms. The van der Waals surface area contributed by atoms with Crippen LogP contribution in [0.15, 0.2) is 0 Å². The zero-order valence-electron chi connectivity index (χ0n) is 5.88. The summed E-state index contributed by atoms with van der Waals surface area (Å²) in [5.41, 5.74) is 0. The number of hydrogen-bond donors (Lipinski definition) is 1. The van der Waals surface area contributed by atoms with Crippen LogP contribution >= 0.6 is 12.6 Å². The summed E-state index contributed by atoms with van der Waals surface area (Å²) in [6, 6.07) is 0. The molecule has 0 heterocycles. The molecule has 10 heavy (non-hydrogen) atoms. The van der Waals surface area contributed by atoms with Gasteiger partial charge in [0.15, 0.2) is 0 Å². The molecule has 0 atom stereocenters. The van der Waals surface area contributed by atoms with Crippen LogP contribution in [-0.2, 0) is 13.3 Å². The third-order valence-corrected chi connectivity index (χ3v) is 4.54. The molecule has 0 aromatic heterocycles. The molecule has 0 aliphatic carbocycles. The second-order valence-corrected chi connectivity index (χ2v) is 5.31. The summed E-state index contributed by atoms with van der Waals surface area (Å²) in [7, 11) is 2.37. The van der Waals surface area contributed by atoms with Crippen molar-refractivity contribution in [1.82, 2.24) is 0 Å². The third kappa shape index (κ3) is 4.19. The van der Waals surface area contributed by atoms with Crippen LogP contribution in [0.1, 0.15) is 0 Å². The van der Waals surface area contributed by atoms with Gasteiger partial charge >= 0.3 is 60.2 Å². The first-order valence-corrected chi connectivity index (χ1v) is 5.07. The molecule has 0 aliphatic heterocycles. The van der Waals surface area contributed by atoms with Crippen LogP contribution in [0.25, 0.3) is 0 Å². The SMILES string of the molecule is CO[Si](CS)(OC)OC.[KH]. The van der Waals surface area contributed by atoms with E-state index in [0.717, 1.165) is 0 Å². The zero-order chi connectivity index (χ0) is 7.33. The fourth-order valence-corrected chi connectivity index (χ4v) is 2.49. The van der Waals surface area contributed by atoms with E-state index in [1.165, 1.54) is 0 Å². The van der Waals surface area contributed by atoms with Crippen molar-refractivity contribution in [3.05, 3.63) is 0 Å². The minimum atomic E-state index is -2.33. The topological polar surface area (TPSA) is 27.7 Å². The van der Waals surface area contributed by atoms with Crippen LogP contribution in [0.5, 0.6) is 0 Å². The molecule has 0 rings (SSSR count). The third-order valence-electron chi connectivity index (χ3n) is 1.13. The van der Waals surface area contributed by atoms with Crippen molar-refractivity contribution >= 4 is 72.8 Å². The summed E-state index contributed by atoms with van der Waals surface area (Å²) in [6.45, 7) is 0. The van der Waals surface area contributed by atoms with Crippen LogP contribution in [0, 0.1) is 0 Å². The van der Waals surface area contributed by atoms with Crippen molar-refractivity contribution in [1.29, 1.82) is 0 Å². The number of thiol groups is 1. The molecule has 0 aromatic rings. The maximum absolute atomic E-state index is 5.00. The van der Waals surface area contributed by atoms with E-state index in [2.05, 4.69) is 12.6 Å². The van der Waals surface area contributed by atoms with E-state index in [-0.39, 0.29) is 51.4 Å². The van der Waals surface area contributed by atoms with Crippen molar-refractivity contribution in [2.75, 3.05) is 26.7 Å². The van der Waals surface area contributed by atoms with Gasteiger partial charge in [-0.25, -0.2) is 0 Å². The summed E-state index contributed by atoms with van der Waals surface area (Å²) in [5, 5.41) is 0.510. The molecule has 58 valence electrons. The van der Waals surface area contributed by atoms with Gasteiger partial charge in [-0.2, -0.15) is 12.6 Å². The molecule has 0 N–H and O–H groups in total. The average Bonchev–Trinajstić information content (AvgIpc) is 1.95. The second kappa shape index (κ2) is 7.72. The molecule has 0 amide bonds. The fraction of sp³-hybridized carbons (Fsp3) is 1.00. The molecule has 0 saturated carbocycles. The van der Waals surface area contributed by atoms with Gasteiger partial charge in [0.25, 0.3) is 0 Å². The molecule has 0 aliphatic rings. The maximum atomic E-state index is 5.00. The van der Waals surface area contributed by atoms with Crippen molar-refractivity contribution in [2.24, 2.45) is 0 Å². The van der Waals surface area contributed by atoms with Crippen LogP contribution in [-0.4, -0.2) is 86.9 Å². The Morgan fingerprint density at radius 2 is 1.40 bits per heavy atom. The molecule has 0 bridgehead atoms. The molecule has 6 heteroatoms. The quantitative estimate of drug-likeness (QED) is 0.507. The van der Waals surface area contributed by atoms with Crippen LogP contribution in [0.2, 0.25) is 0 Å². The number of hydrogen-bond acceptors (Lipinski definition) is 4. The van der Waals surface area contributed by atoms with Gasteiger partial charge in [-0.1, -0.05) is 0 Å². The van der Waals surface area contributed by atoms with E-state index in [4.69, 9.17) is 13.3 Å². The van der Waals surface area contributed by atoms with Crippen molar-refractivity contribution in [3.63, 3.8) is 0 Å². The first-order valence-electron chi connectivity index (χ1n) is 2.51. The zero-order valence-corrected chi connectivity index (χ0v) is 7.77. The standard InChI is InChI=1S/C4H12O3SSi.K.H/c1-5-9(4-8,6-2)7-3;;/h8H,4H2,1-3H3;;. The summed E-state index contributed by atoms with van der Waals surface area (Å²) < 4.78 is 15.0. The summed E-state index contributed by atoms with van der Waals surface area (Å²) in [6.07, 6.45) is 0. The van der Waals surface area contributed by atoms with Crippen LogP contribution in [0.4, 0.5) is 0 Å². The van der Waals surface area contributed by atoms with Crippen molar-refractivity contribution < 1.29 is 13.3 Å². The Morgan fingerprint density at radius 3 is 1.40 bits per heavy atom. The van der Waals surface area contributed by atoms with Crippen LogP contribution < -0.4 is 0 Å². The van der Waals surface area contributed by atoms with E-state index in [1.54, 1.807) is 21.3 Å². The summed E-state index contributed by atoms with van der Waals surface area (Å²) >= 11 is 4.03. The molecule has 3 nitrogen and oxygen atoms in total. The van der Waals surface area contributed by atoms with Gasteiger partial charge in [0.05, 0.1) is 5.38 Å². The van der Waals surface area contributed by atoms with Crippen molar-refractivity contribution in [2.45, 2.75) is 0 Å². The second-order valence-electron chi connectivity index (χ2n) is 1.45. The van der Waals surface area contributed by atoms with Crippen LogP contribution in [0.3, 0.4) is 0 Å². The number of rotatable bonds is 4. The van der Waals surface area contributed by atoms with Crippen molar-refractivity contribution in [3.8, 4) is 0 Å². The van der Waals surface area contributed by atoms with Gasteiger partial charge in [-0.15, -0.1) is 0 Å². The van der Waals surface area contributed by atoms with Gasteiger partial charge < -0.3 is 13.3 Å². The summed E-state index contributed by atoms with van der Waals surface area (Å²) in [5.74, 6) is 0. The van der Waals surface area contributed by atoms with Gasteiger partial charge in [-0.3, -0.25) is 0 Å². The Morgan fingerprint density at radius 1 is 1.10 bits per heavy atom. The van der Waals surface area contributed by atoms with Gasteiger partial charge in [-0.05, 0) is 0 Å². The van der Waals surface area contributed by atoms with E-state index in [1.807, 2.05) is 0 Å². The minimum absolute atomic E-state index is 0. The Kier molecular flexibility index (Phi) is 11.3. The Balaban J connectivity index is 0. The molecular formula is C4H13KO3SSi. The predicted molar refractivity (Wildman–Crippen MR) is 47.8 cm³/mol. The monoisotopic (exact) mass is 208 g/mol. The Hall–Kier alpha value is 2.08. The average molecular weight is 208 g/mol. The fourth-order valence-electron chi connectivity index (χ4n) is 0.444. The van der Waals surface area contributed by atoms with E-state index in [0.29, 0.717) is 5.38 Å². The van der Waals surface area contributed by atoms with Gasteiger partial charge in [0.2, 0.25) is 0 Å². The van der Waals surface area contributed by atoms with E-state index < -0.39 is 8.80 Å². The Labute approximate surface area is 111 Å². The predicted octanol–water partition coefficient (Wildman–Crippen LogP) is -0.315. The molecule has 0 radical (unpaired) electrons. The van der Waals surface area contributed by atoms with Gasteiger partial charge in [0, 0.05) is 21.3 Å². The van der Waals surface area contributed by atoms with E-state index in [9.17, 15) is 0 Å². The molecule has 0 saturated heterocycles. The first kappa shape index (κ1) is 14.6. The van der Waals surface area contributed by atoms with Gasteiger partial charge in [0.1, 0.15) is 0 Å². The molecule has 0 aromatic carbocycles. The first-order chi connectivity index (χ1) is 4.24. The Bertz CT molecular complexity index is 63.4. The van der Waals surface area contributed by atoms with E-state index >= 15 is 0 Å². The molecular weight excluding hydrogens is 195 g/mol. The summed E-state index contributed by atoms with van der Waals surface area (Å²) in [4.78, 5) is 0. The molecule has 0 unspecified atom stereocenters.